The van der Waals surface area contributed by atoms with Crippen molar-refractivity contribution >= 4 is 10.9 Å². The van der Waals surface area contributed by atoms with E-state index in [0.29, 0.717) is 0 Å². The lowest BCUT2D eigenvalue weighted by Gasteiger charge is -2.24. The highest BCUT2D eigenvalue weighted by Gasteiger charge is 2.22. The Kier molecular flexibility index (Phi) is 4.34. The molecule has 0 spiro atoms. The zero-order valence-electron chi connectivity index (χ0n) is 15.1. The first-order chi connectivity index (χ1) is 12.2. The van der Waals surface area contributed by atoms with Crippen molar-refractivity contribution in [2.75, 3.05) is 13.6 Å². The fourth-order valence-corrected chi connectivity index (χ4v) is 3.99. The van der Waals surface area contributed by atoms with Crippen LogP contribution in [-0.4, -0.2) is 23.1 Å². The number of aryl methyl sites for hydroxylation is 3. The van der Waals surface area contributed by atoms with Gasteiger partial charge in [0.2, 0.25) is 0 Å². The molecule has 0 atom stereocenters. The Labute approximate surface area is 148 Å². The molecule has 0 radical (unpaired) electrons. The van der Waals surface area contributed by atoms with Gasteiger partial charge in [-0.05, 0) is 49.2 Å². The third-order valence-electron chi connectivity index (χ3n) is 5.40. The molecule has 0 unspecified atom stereocenters. The average Bonchev–Trinajstić information content (AvgIpc) is 2.92. The van der Waals surface area contributed by atoms with Crippen LogP contribution < -0.4 is 0 Å². The van der Waals surface area contributed by atoms with E-state index in [4.69, 9.17) is 0 Å². The molecule has 130 valence electrons. The van der Waals surface area contributed by atoms with Crippen LogP contribution >= 0.6 is 0 Å². The van der Waals surface area contributed by atoms with Crippen molar-refractivity contribution in [2.24, 2.45) is 0 Å². The lowest BCUT2D eigenvalue weighted by molar-refractivity contribution is 0.309. The Hall–Kier alpha value is -2.13. The highest BCUT2D eigenvalue weighted by Crippen LogP contribution is 2.31. The maximum absolute atomic E-state index is 12.7. The summed E-state index contributed by atoms with van der Waals surface area (Å²) in [5, 5.41) is 1.41. The van der Waals surface area contributed by atoms with Gasteiger partial charge in [-0.1, -0.05) is 35.9 Å². The van der Waals surface area contributed by atoms with Gasteiger partial charge >= 0.3 is 0 Å². The number of fused-ring (bicyclic) bond motifs is 3. The third-order valence-corrected chi connectivity index (χ3v) is 5.40. The normalized spacial score (nSPS) is 14.8. The van der Waals surface area contributed by atoms with Gasteiger partial charge in [0.1, 0.15) is 6.67 Å². The minimum Gasteiger partial charge on any atom is -0.344 e. The number of likely N-dealkylation sites (N-methyl/N-ethyl adjacent to an activating group) is 1. The molecule has 0 amide bonds. The van der Waals surface area contributed by atoms with Crippen molar-refractivity contribution in [3.63, 3.8) is 0 Å². The van der Waals surface area contributed by atoms with E-state index in [1.54, 1.807) is 0 Å². The molecule has 0 aliphatic carbocycles. The molecular weight excluding hydrogens is 311 g/mol. The highest BCUT2D eigenvalue weighted by molar-refractivity contribution is 5.86. The highest BCUT2D eigenvalue weighted by atomic mass is 19.1. The quantitative estimate of drug-likeness (QED) is 0.673. The molecule has 0 saturated carbocycles. The summed E-state index contributed by atoms with van der Waals surface area (Å²) in [5.74, 6) is 0. The van der Waals surface area contributed by atoms with E-state index in [1.165, 1.54) is 33.3 Å². The Bertz CT molecular complexity index is 893. The van der Waals surface area contributed by atoms with Gasteiger partial charge in [-0.2, -0.15) is 0 Å². The second-order valence-corrected chi connectivity index (χ2v) is 7.29. The SMILES string of the molecule is Cc1ccc2c(c1)c1c(n2CCc2ccc(CF)cc2)CCN(C)C1. The monoisotopic (exact) mass is 336 g/mol. The van der Waals surface area contributed by atoms with Crippen LogP contribution in [0.25, 0.3) is 10.9 Å². The Morgan fingerprint density at radius 3 is 2.56 bits per heavy atom. The molecule has 3 aromatic rings. The standard InChI is InChI=1S/C22H25FN2/c1-16-3-8-21-19(13-16)20-15-24(2)11-10-22(20)25(21)12-9-17-4-6-18(14-23)7-5-17/h3-8,13H,9-12,14-15H2,1-2H3. The maximum atomic E-state index is 12.7. The smallest absolute Gasteiger partial charge is 0.115 e. The second kappa shape index (κ2) is 6.64. The molecular formula is C22H25FN2. The first-order valence-corrected chi connectivity index (χ1v) is 9.08. The van der Waals surface area contributed by atoms with Crippen molar-refractivity contribution in [2.45, 2.75) is 39.5 Å². The predicted molar refractivity (Wildman–Crippen MR) is 102 cm³/mol. The minimum absolute atomic E-state index is 0.386. The molecule has 3 heteroatoms. The summed E-state index contributed by atoms with van der Waals surface area (Å²) in [6.45, 7) is 4.92. The fraction of sp³-hybridized carbons (Fsp3) is 0.364. The Morgan fingerprint density at radius 1 is 1.04 bits per heavy atom. The van der Waals surface area contributed by atoms with Crippen LogP contribution in [0.15, 0.2) is 42.5 Å². The van der Waals surface area contributed by atoms with E-state index >= 15 is 0 Å². The molecule has 0 fully saturated rings. The number of halogens is 1. The van der Waals surface area contributed by atoms with Gasteiger partial charge in [0.15, 0.2) is 0 Å². The molecule has 1 aromatic heterocycles. The molecule has 2 heterocycles. The van der Waals surface area contributed by atoms with Crippen LogP contribution in [0.3, 0.4) is 0 Å². The van der Waals surface area contributed by atoms with Gasteiger partial charge in [0.05, 0.1) is 0 Å². The summed E-state index contributed by atoms with van der Waals surface area (Å²) in [6, 6.07) is 14.7. The van der Waals surface area contributed by atoms with Crippen molar-refractivity contribution in [3.8, 4) is 0 Å². The van der Waals surface area contributed by atoms with Gasteiger partial charge in [-0.3, -0.25) is 0 Å². The lowest BCUT2D eigenvalue weighted by atomic mass is 10.0. The fourth-order valence-electron chi connectivity index (χ4n) is 3.99. The third kappa shape index (κ3) is 3.09. The number of aromatic nitrogens is 1. The summed E-state index contributed by atoms with van der Waals surface area (Å²) in [5.41, 5.74) is 7.70. The topological polar surface area (TPSA) is 8.17 Å². The molecule has 1 aliphatic rings. The van der Waals surface area contributed by atoms with E-state index in [-0.39, 0.29) is 6.67 Å². The minimum atomic E-state index is -0.386. The van der Waals surface area contributed by atoms with E-state index in [1.807, 2.05) is 12.1 Å². The van der Waals surface area contributed by atoms with Crippen molar-refractivity contribution in [1.29, 1.82) is 0 Å². The molecule has 0 saturated heterocycles. The Morgan fingerprint density at radius 2 is 1.80 bits per heavy atom. The first kappa shape index (κ1) is 16.3. The second-order valence-electron chi connectivity index (χ2n) is 7.29. The number of alkyl halides is 1. The van der Waals surface area contributed by atoms with E-state index < -0.39 is 0 Å². The molecule has 2 aromatic carbocycles. The number of hydrogen-bond acceptors (Lipinski definition) is 1. The maximum Gasteiger partial charge on any atom is 0.115 e. The van der Waals surface area contributed by atoms with Crippen molar-refractivity contribution < 1.29 is 4.39 Å². The van der Waals surface area contributed by atoms with Crippen LogP contribution in [-0.2, 0) is 32.6 Å². The average molecular weight is 336 g/mol. The van der Waals surface area contributed by atoms with Crippen LogP contribution in [0.1, 0.15) is 27.9 Å². The first-order valence-electron chi connectivity index (χ1n) is 9.08. The largest absolute Gasteiger partial charge is 0.344 e. The number of hydrogen-bond donors (Lipinski definition) is 0. The van der Waals surface area contributed by atoms with Gasteiger partial charge in [-0.25, -0.2) is 4.39 Å². The molecule has 4 rings (SSSR count). The molecule has 0 bridgehead atoms. The lowest BCUT2D eigenvalue weighted by Crippen LogP contribution is -2.27. The molecule has 0 N–H and O–H groups in total. The number of rotatable bonds is 4. The van der Waals surface area contributed by atoms with Crippen molar-refractivity contribution in [1.82, 2.24) is 9.47 Å². The van der Waals surface area contributed by atoms with Gasteiger partial charge < -0.3 is 9.47 Å². The summed E-state index contributed by atoms with van der Waals surface area (Å²) in [7, 11) is 2.20. The van der Waals surface area contributed by atoms with Gasteiger partial charge in [0, 0.05) is 42.7 Å². The van der Waals surface area contributed by atoms with Crippen LogP contribution in [0.5, 0.6) is 0 Å². The number of nitrogens with zero attached hydrogens (tertiary/aromatic N) is 2. The molecule has 25 heavy (non-hydrogen) atoms. The van der Waals surface area contributed by atoms with Crippen molar-refractivity contribution in [3.05, 3.63) is 70.4 Å². The van der Waals surface area contributed by atoms with Gasteiger partial charge in [-0.15, -0.1) is 0 Å². The summed E-state index contributed by atoms with van der Waals surface area (Å²) in [4.78, 5) is 2.41. The zero-order valence-corrected chi connectivity index (χ0v) is 15.1. The zero-order chi connectivity index (χ0) is 17.4. The van der Waals surface area contributed by atoms with Crippen LogP contribution in [0, 0.1) is 6.92 Å². The molecule has 2 nitrogen and oxygen atoms in total. The van der Waals surface area contributed by atoms with Crippen LogP contribution in [0.4, 0.5) is 4.39 Å². The Balaban J connectivity index is 1.68. The summed E-state index contributed by atoms with van der Waals surface area (Å²) >= 11 is 0. The molecule has 1 aliphatic heterocycles. The van der Waals surface area contributed by atoms with E-state index in [0.717, 1.165) is 38.0 Å². The van der Waals surface area contributed by atoms with Gasteiger partial charge in [0.25, 0.3) is 0 Å². The predicted octanol–water partition coefficient (Wildman–Crippen LogP) is 4.65. The number of benzene rings is 2. The summed E-state index contributed by atoms with van der Waals surface area (Å²) < 4.78 is 15.2. The van der Waals surface area contributed by atoms with Crippen LogP contribution in [0.2, 0.25) is 0 Å². The summed E-state index contributed by atoms with van der Waals surface area (Å²) in [6.07, 6.45) is 2.09. The van der Waals surface area contributed by atoms with E-state index in [2.05, 4.69) is 53.8 Å². The van der Waals surface area contributed by atoms with E-state index in [9.17, 15) is 4.39 Å².